The van der Waals surface area contributed by atoms with Crippen LogP contribution in [0.3, 0.4) is 0 Å². The van der Waals surface area contributed by atoms with Gasteiger partial charge in [-0.3, -0.25) is 5.73 Å². The molecule has 0 amide bonds. The number of nitrogens with two attached hydrogens (primary N) is 1. The molecular formula is C9H10F2N2. The number of hydrogen-bond donors (Lipinski definition) is 2. The fourth-order valence-corrected chi connectivity index (χ4v) is 1.66. The van der Waals surface area contributed by atoms with Crippen LogP contribution in [0, 0.1) is 0 Å². The Bertz CT molecular complexity index is 331. The first-order chi connectivity index (χ1) is 6.09. The van der Waals surface area contributed by atoms with Crippen LogP contribution in [0.15, 0.2) is 18.2 Å². The summed E-state index contributed by atoms with van der Waals surface area (Å²) in [7, 11) is 0. The number of fused-ring (bicyclic) bond motifs is 1. The zero-order valence-electron chi connectivity index (χ0n) is 6.98. The zero-order valence-corrected chi connectivity index (χ0v) is 6.98. The van der Waals surface area contributed by atoms with E-state index in [0.29, 0.717) is 18.5 Å². The smallest absolute Gasteiger partial charge is 0.327 e. The molecule has 0 aliphatic carbocycles. The Morgan fingerprint density at radius 2 is 2.15 bits per heavy atom. The Balaban J connectivity index is 2.54. The van der Waals surface area contributed by atoms with Gasteiger partial charge in [0.25, 0.3) is 0 Å². The van der Waals surface area contributed by atoms with Crippen LogP contribution in [0.25, 0.3) is 0 Å². The summed E-state index contributed by atoms with van der Waals surface area (Å²) in [6.07, 6.45) is 0.623. The second-order valence-electron chi connectivity index (χ2n) is 3.13. The normalized spacial score (nSPS) is 15.3. The Labute approximate surface area is 74.7 Å². The monoisotopic (exact) mass is 184 g/mol. The molecule has 0 bridgehead atoms. The van der Waals surface area contributed by atoms with Gasteiger partial charge in [-0.15, -0.1) is 0 Å². The number of nitrogens with one attached hydrogen (secondary N) is 1. The first kappa shape index (κ1) is 8.44. The third-order valence-electron chi connectivity index (χ3n) is 2.23. The number of hydrogen-bond acceptors (Lipinski definition) is 2. The van der Waals surface area contributed by atoms with Gasteiger partial charge in [-0.1, -0.05) is 12.1 Å². The van der Waals surface area contributed by atoms with E-state index in [4.69, 9.17) is 5.73 Å². The lowest BCUT2D eigenvalue weighted by molar-refractivity contribution is 0.00228. The minimum atomic E-state index is -3.22. The van der Waals surface area contributed by atoms with Crippen LogP contribution >= 0.6 is 0 Å². The zero-order chi connectivity index (χ0) is 9.47. The van der Waals surface area contributed by atoms with Crippen molar-refractivity contribution in [3.63, 3.8) is 0 Å². The van der Waals surface area contributed by atoms with Crippen molar-refractivity contribution < 1.29 is 8.78 Å². The Morgan fingerprint density at radius 3 is 2.85 bits per heavy atom. The van der Waals surface area contributed by atoms with Crippen molar-refractivity contribution in [3.05, 3.63) is 29.3 Å². The van der Waals surface area contributed by atoms with E-state index < -0.39 is 6.05 Å². The molecule has 3 N–H and O–H groups in total. The fourth-order valence-electron chi connectivity index (χ4n) is 1.66. The maximum absolute atomic E-state index is 12.9. The highest BCUT2D eigenvalue weighted by Gasteiger charge is 2.30. The summed E-state index contributed by atoms with van der Waals surface area (Å²) in [6.45, 7) is 0.711. The Hall–Kier alpha value is -1.16. The Kier molecular flexibility index (Phi) is 1.73. The van der Waals surface area contributed by atoms with Gasteiger partial charge >= 0.3 is 6.05 Å². The molecule has 2 rings (SSSR count). The van der Waals surface area contributed by atoms with Gasteiger partial charge < -0.3 is 5.32 Å². The maximum Gasteiger partial charge on any atom is 0.327 e. The topological polar surface area (TPSA) is 38.0 Å². The number of alkyl halides is 2. The number of rotatable bonds is 1. The van der Waals surface area contributed by atoms with Crippen LogP contribution < -0.4 is 11.1 Å². The molecule has 2 nitrogen and oxygen atoms in total. The second-order valence-corrected chi connectivity index (χ2v) is 3.13. The number of anilines is 1. The van der Waals surface area contributed by atoms with Crippen LogP contribution in [-0.2, 0) is 12.5 Å². The van der Waals surface area contributed by atoms with Crippen LogP contribution in [0.2, 0.25) is 0 Å². The molecule has 1 aliphatic rings. The molecule has 1 heterocycles. The first-order valence-corrected chi connectivity index (χ1v) is 4.12. The highest BCUT2D eigenvalue weighted by Crippen LogP contribution is 2.32. The van der Waals surface area contributed by atoms with Crippen molar-refractivity contribution in [3.8, 4) is 0 Å². The molecule has 0 saturated heterocycles. The standard InChI is InChI=1S/C9H10F2N2/c10-9(11,12)7-2-1-3-8-6(7)4-5-13-8/h1-3,13H,4-5,12H2. The average Bonchev–Trinajstić information content (AvgIpc) is 2.48. The summed E-state index contributed by atoms with van der Waals surface area (Å²) in [5.41, 5.74) is 6.14. The molecule has 13 heavy (non-hydrogen) atoms. The lowest BCUT2D eigenvalue weighted by atomic mass is 10.0. The molecule has 4 heteroatoms. The first-order valence-electron chi connectivity index (χ1n) is 4.12. The highest BCUT2D eigenvalue weighted by atomic mass is 19.3. The molecule has 0 spiro atoms. The fraction of sp³-hybridized carbons (Fsp3) is 0.333. The molecule has 1 aromatic rings. The molecule has 0 unspecified atom stereocenters. The third kappa shape index (κ3) is 1.37. The number of halogens is 2. The number of benzene rings is 1. The van der Waals surface area contributed by atoms with Crippen molar-refractivity contribution >= 4 is 5.69 Å². The molecule has 70 valence electrons. The van der Waals surface area contributed by atoms with Crippen LogP contribution in [-0.4, -0.2) is 6.54 Å². The predicted molar refractivity (Wildman–Crippen MR) is 46.7 cm³/mol. The van der Waals surface area contributed by atoms with Gasteiger partial charge in [-0.2, -0.15) is 8.78 Å². The van der Waals surface area contributed by atoms with Gasteiger partial charge in [0.15, 0.2) is 0 Å². The molecule has 1 aromatic carbocycles. The highest BCUT2D eigenvalue weighted by molar-refractivity contribution is 5.59. The summed E-state index contributed by atoms with van der Waals surface area (Å²) in [5.74, 6) is 0. The van der Waals surface area contributed by atoms with Crippen molar-refractivity contribution in [2.45, 2.75) is 12.5 Å². The summed E-state index contributed by atoms with van der Waals surface area (Å²) >= 11 is 0. The summed E-state index contributed by atoms with van der Waals surface area (Å²) < 4.78 is 25.7. The molecule has 1 aliphatic heterocycles. The SMILES string of the molecule is NC(F)(F)c1cccc2c1CCN2. The molecular weight excluding hydrogens is 174 g/mol. The van der Waals surface area contributed by atoms with E-state index in [9.17, 15) is 8.78 Å². The van der Waals surface area contributed by atoms with Crippen molar-refractivity contribution in [2.24, 2.45) is 5.73 Å². The molecule has 0 atom stereocenters. The van der Waals surface area contributed by atoms with E-state index in [1.54, 1.807) is 12.1 Å². The Morgan fingerprint density at radius 1 is 1.38 bits per heavy atom. The third-order valence-corrected chi connectivity index (χ3v) is 2.23. The van der Waals surface area contributed by atoms with E-state index >= 15 is 0 Å². The minimum absolute atomic E-state index is 0.0602. The molecule has 0 saturated carbocycles. The lowest BCUT2D eigenvalue weighted by Crippen LogP contribution is -2.26. The van der Waals surface area contributed by atoms with Crippen molar-refractivity contribution in [2.75, 3.05) is 11.9 Å². The van der Waals surface area contributed by atoms with E-state index in [2.05, 4.69) is 5.32 Å². The van der Waals surface area contributed by atoms with E-state index in [-0.39, 0.29) is 5.56 Å². The van der Waals surface area contributed by atoms with E-state index in [1.807, 2.05) is 0 Å². The van der Waals surface area contributed by atoms with Gasteiger partial charge in [0.2, 0.25) is 0 Å². The maximum atomic E-state index is 12.9. The second kappa shape index (κ2) is 2.67. The van der Waals surface area contributed by atoms with Gasteiger partial charge in [0.1, 0.15) is 0 Å². The van der Waals surface area contributed by atoms with Gasteiger partial charge in [0.05, 0.1) is 0 Å². The van der Waals surface area contributed by atoms with E-state index in [1.165, 1.54) is 6.07 Å². The van der Waals surface area contributed by atoms with Gasteiger partial charge in [-0.25, -0.2) is 0 Å². The van der Waals surface area contributed by atoms with Crippen molar-refractivity contribution in [1.82, 2.24) is 0 Å². The predicted octanol–water partition coefficient (Wildman–Crippen LogP) is 1.66. The van der Waals surface area contributed by atoms with Crippen molar-refractivity contribution in [1.29, 1.82) is 0 Å². The summed E-state index contributed by atoms with van der Waals surface area (Å²) in [6, 6.07) is 1.54. The van der Waals surface area contributed by atoms with Gasteiger partial charge in [-0.05, 0) is 18.1 Å². The minimum Gasteiger partial charge on any atom is -0.384 e. The van der Waals surface area contributed by atoms with Crippen LogP contribution in [0.5, 0.6) is 0 Å². The molecule has 0 fully saturated rings. The quantitative estimate of drug-likeness (QED) is 0.651. The van der Waals surface area contributed by atoms with Crippen LogP contribution in [0.4, 0.5) is 14.5 Å². The summed E-state index contributed by atoms with van der Waals surface area (Å²) in [5, 5.41) is 3.02. The average molecular weight is 184 g/mol. The lowest BCUT2D eigenvalue weighted by Gasteiger charge is -2.13. The van der Waals surface area contributed by atoms with E-state index in [0.717, 1.165) is 5.69 Å². The van der Waals surface area contributed by atoms with Gasteiger partial charge in [0, 0.05) is 17.8 Å². The summed E-state index contributed by atoms with van der Waals surface area (Å²) in [4.78, 5) is 0. The molecule has 0 radical (unpaired) electrons. The molecule has 0 aromatic heterocycles. The van der Waals surface area contributed by atoms with Crippen LogP contribution in [0.1, 0.15) is 11.1 Å². The largest absolute Gasteiger partial charge is 0.384 e.